The predicted octanol–water partition coefficient (Wildman–Crippen LogP) is 4.49. The molecule has 0 saturated heterocycles. The van der Waals surface area contributed by atoms with Crippen LogP contribution < -0.4 is 0 Å². The molecule has 2 nitrogen and oxygen atoms in total. The molecule has 1 heterocycles. The number of hydrogen-bond acceptors (Lipinski definition) is 2. The Hall–Kier alpha value is -1.19. The number of carbonyl (C=O) groups is 1. The minimum Gasteiger partial charge on any atom is -0.294 e. The second-order valence-electron chi connectivity index (χ2n) is 4.24. The Kier molecular flexibility index (Phi) is 4.72. The van der Waals surface area contributed by atoms with Crippen molar-refractivity contribution in [3.63, 3.8) is 0 Å². The molecule has 0 unspecified atom stereocenters. The second kappa shape index (κ2) is 6.31. The number of benzene rings is 1. The first-order chi connectivity index (χ1) is 9.10. The third-order valence-electron chi connectivity index (χ3n) is 2.88. The van der Waals surface area contributed by atoms with Gasteiger partial charge in [0.25, 0.3) is 0 Å². The normalized spacial score (nSPS) is 10.5. The fraction of sp³-hybridized carbons (Fsp3) is 0.200. The van der Waals surface area contributed by atoms with Crippen LogP contribution in [-0.4, -0.2) is 10.8 Å². The fourth-order valence-electron chi connectivity index (χ4n) is 1.70. The van der Waals surface area contributed by atoms with Gasteiger partial charge in [-0.2, -0.15) is 0 Å². The lowest BCUT2D eigenvalue weighted by Crippen LogP contribution is -2.05. The van der Waals surface area contributed by atoms with Gasteiger partial charge < -0.3 is 0 Å². The molecule has 0 N–H and O–H groups in total. The Morgan fingerprint density at radius 1 is 1.32 bits per heavy atom. The summed E-state index contributed by atoms with van der Waals surface area (Å²) in [5, 5.41) is 0.542. The zero-order valence-corrected chi connectivity index (χ0v) is 12.8. The van der Waals surface area contributed by atoms with E-state index in [0.717, 1.165) is 16.6 Å². The average Bonchev–Trinajstić information content (AvgIpc) is 2.42. The van der Waals surface area contributed by atoms with Crippen LogP contribution in [0.25, 0.3) is 0 Å². The summed E-state index contributed by atoms with van der Waals surface area (Å²) in [6.07, 6.45) is 3.06. The first-order valence-electron chi connectivity index (χ1n) is 6.02. The van der Waals surface area contributed by atoms with Gasteiger partial charge in [-0.1, -0.05) is 30.7 Å². The minimum atomic E-state index is 0.0196. The van der Waals surface area contributed by atoms with E-state index in [1.807, 2.05) is 18.3 Å². The first-order valence-corrected chi connectivity index (χ1v) is 7.19. The highest BCUT2D eigenvalue weighted by molar-refractivity contribution is 9.10. The summed E-state index contributed by atoms with van der Waals surface area (Å²) in [6.45, 7) is 2.08. The zero-order chi connectivity index (χ0) is 13.8. The lowest BCUT2D eigenvalue weighted by molar-refractivity contribution is 0.0992. The van der Waals surface area contributed by atoms with Crippen molar-refractivity contribution in [1.29, 1.82) is 0 Å². The number of nitrogens with zero attached hydrogens (tertiary/aromatic N) is 1. The molecule has 0 atom stereocenters. The van der Waals surface area contributed by atoms with Gasteiger partial charge in [0, 0.05) is 21.9 Å². The number of carbonyl (C=O) groups excluding carboxylic acids is 1. The van der Waals surface area contributed by atoms with Gasteiger partial charge in [-0.15, -0.1) is 0 Å². The van der Waals surface area contributed by atoms with Crippen molar-refractivity contribution in [3.05, 3.63) is 62.8 Å². The average molecular weight is 339 g/mol. The Balaban J connectivity index is 2.13. The lowest BCUT2D eigenvalue weighted by Gasteiger charge is -2.04. The molecule has 2 aromatic rings. The number of pyridine rings is 1. The van der Waals surface area contributed by atoms with Crippen LogP contribution >= 0.6 is 27.5 Å². The molecule has 0 saturated carbocycles. The molecule has 19 heavy (non-hydrogen) atoms. The van der Waals surface area contributed by atoms with Crippen LogP contribution in [0, 0.1) is 0 Å². The van der Waals surface area contributed by atoms with Crippen molar-refractivity contribution in [2.75, 3.05) is 0 Å². The Bertz CT molecular complexity index is 596. The minimum absolute atomic E-state index is 0.0196. The second-order valence-corrected chi connectivity index (χ2v) is 5.50. The number of aromatic nitrogens is 1. The highest BCUT2D eigenvalue weighted by atomic mass is 79.9. The summed E-state index contributed by atoms with van der Waals surface area (Å²) in [4.78, 5) is 16.4. The molecule has 0 fully saturated rings. The Morgan fingerprint density at radius 3 is 2.68 bits per heavy atom. The van der Waals surface area contributed by atoms with Gasteiger partial charge in [-0.05, 0) is 46.1 Å². The maximum atomic E-state index is 12.1. The SMILES string of the molecule is CCc1ccc(CC(=O)c2ccc(Br)c(Cl)c2)nc1. The van der Waals surface area contributed by atoms with Crippen LogP contribution in [0.2, 0.25) is 5.02 Å². The highest BCUT2D eigenvalue weighted by Crippen LogP contribution is 2.23. The number of aryl methyl sites for hydroxylation is 1. The molecule has 0 radical (unpaired) electrons. The summed E-state index contributed by atoms with van der Waals surface area (Å²) in [5.74, 6) is 0.0196. The topological polar surface area (TPSA) is 30.0 Å². The van der Waals surface area contributed by atoms with Gasteiger partial charge in [0.15, 0.2) is 5.78 Å². The zero-order valence-electron chi connectivity index (χ0n) is 10.5. The Labute approximate surface area is 126 Å². The quantitative estimate of drug-likeness (QED) is 0.769. The van der Waals surface area contributed by atoms with Gasteiger partial charge in [-0.25, -0.2) is 0 Å². The van der Waals surface area contributed by atoms with Gasteiger partial charge in [0.2, 0.25) is 0 Å². The summed E-state index contributed by atoms with van der Waals surface area (Å²) >= 11 is 9.29. The lowest BCUT2D eigenvalue weighted by atomic mass is 10.1. The van der Waals surface area contributed by atoms with Crippen LogP contribution in [0.5, 0.6) is 0 Å². The van der Waals surface area contributed by atoms with E-state index < -0.39 is 0 Å². The molecule has 1 aromatic carbocycles. The smallest absolute Gasteiger partial charge is 0.168 e. The van der Waals surface area contributed by atoms with E-state index in [0.29, 0.717) is 17.0 Å². The maximum Gasteiger partial charge on any atom is 0.168 e. The van der Waals surface area contributed by atoms with Crippen LogP contribution in [0.4, 0.5) is 0 Å². The molecule has 1 aromatic heterocycles. The molecule has 0 bridgehead atoms. The molecule has 0 amide bonds. The van der Waals surface area contributed by atoms with Gasteiger partial charge in [0.1, 0.15) is 0 Å². The van der Waals surface area contributed by atoms with E-state index in [-0.39, 0.29) is 5.78 Å². The third kappa shape index (κ3) is 3.64. The number of halogens is 2. The molecule has 98 valence electrons. The van der Waals surface area contributed by atoms with Gasteiger partial charge >= 0.3 is 0 Å². The molecule has 0 aliphatic carbocycles. The first kappa shape index (κ1) is 14.2. The van der Waals surface area contributed by atoms with Crippen LogP contribution in [0.3, 0.4) is 0 Å². The highest BCUT2D eigenvalue weighted by Gasteiger charge is 2.09. The Morgan fingerprint density at radius 2 is 2.11 bits per heavy atom. The maximum absolute atomic E-state index is 12.1. The van der Waals surface area contributed by atoms with E-state index >= 15 is 0 Å². The third-order valence-corrected chi connectivity index (χ3v) is 4.11. The number of rotatable bonds is 4. The van der Waals surface area contributed by atoms with E-state index in [4.69, 9.17) is 11.6 Å². The van der Waals surface area contributed by atoms with Crippen LogP contribution in [-0.2, 0) is 12.8 Å². The van der Waals surface area contributed by atoms with Crippen molar-refractivity contribution < 1.29 is 4.79 Å². The van der Waals surface area contributed by atoms with E-state index in [1.54, 1.807) is 18.2 Å². The molecule has 2 rings (SSSR count). The molecule has 0 spiro atoms. The van der Waals surface area contributed by atoms with E-state index in [9.17, 15) is 4.79 Å². The number of hydrogen-bond donors (Lipinski definition) is 0. The van der Waals surface area contributed by atoms with Crippen molar-refractivity contribution in [3.8, 4) is 0 Å². The standard InChI is InChI=1S/C15H13BrClNO/c1-2-10-3-5-12(18-9-10)8-15(19)11-4-6-13(16)14(17)7-11/h3-7,9H,2,8H2,1H3. The van der Waals surface area contributed by atoms with Crippen molar-refractivity contribution in [2.24, 2.45) is 0 Å². The van der Waals surface area contributed by atoms with Crippen LogP contribution in [0.1, 0.15) is 28.5 Å². The van der Waals surface area contributed by atoms with Crippen molar-refractivity contribution >= 4 is 33.3 Å². The molecule has 0 aliphatic rings. The summed E-state index contributed by atoms with van der Waals surface area (Å²) in [7, 11) is 0. The monoisotopic (exact) mass is 337 g/mol. The summed E-state index contributed by atoms with van der Waals surface area (Å²) in [6, 6.07) is 9.12. The summed E-state index contributed by atoms with van der Waals surface area (Å²) < 4.78 is 0.788. The van der Waals surface area contributed by atoms with Gasteiger partial charge in [0.05, 0.1) is 11.4 Å². The molecular weight excluding hydrogens is 326 g/mol. The molecular formula is C15H13BrClNO. The number of ketones is 1. The molecule has 0 aliphatic heterocycles. The van der Waals surface area contributed by atoms with Gasteiger partial charge in [-0.3, -0.25) is 9.78 Å². The van der Waals surface area contributed by atoms with E-state index in [1.165, 1.54) is 5.56 Å². The van der Waals surface area contributed by atoms with E-state index in [2.05, 4.69) is 27.8 Å². The van der Waals surface area contributed by atoms with Crippen molar-refractivity contribution in [1.82, 2.24) is 4.98 Å². The predicted molar refractivity (Wildman–Crippen MR) is 80.8 cm³/mol. The number of Topliss-reactive ketones (excluding diaryl/α,β-unsaturated/α-hetero) is 1. The summed E-state index contributed by atoms with van der Waals surface area (Å²) in [5.41, 5.74) is 2.55. The van der Waals surface area contributed by atoms with Crippen molar-refractivity contribution in [2.45, 2.75) is 19.8 Å². The fourth-order valence-corrected chi connectivity index (χ4v) is 2.13. The largest absolute Gasteiger partial charge is 0.294 e. The molecule has 4 heteroatoms. The van der Waals surface area contributed by atoms with Crippen LogP contribution in [0.15, 0.2) is 41.0 Å².